The summed E-state index contributed by atoms with van der Waals surface area (Å²) >= 11 is 0. The Labute approximate surface area is 163 Å². The van der Waals surface area contributed by atoms with Gasteiger partial charge in [0.05, 0.1) is 12.0 Å². The molecule has 4 heteroatoms. The average molecular weight is 375 g/mol. The lowest BCUT2D eigenvalue weighted by Crippen LogP contribution is -2.56. The highest BCUT2D eigenvalue weighted by atomic mass is 16.4. The summed E-state index contributed by atoms with van der Waals surface area (Å²) in [5.74, 6) is 6.38. The number of fused-ring (bicyclic) bond motifs is 1. The Morgan fingerprint density at radius 3 is 2.67 bits per heavy atom. The molecule has 0 spiro atoms. The zero-order chi connectivity index (χ0) is 19.6. The third kappa shape index (κ3) is 4.10. The summed E-state index contributed by atoms with van der Waals surface area (Å²) in [6.07, 6.45) is 9.18. The molecule has 0 saturated heterocycles. The fourth-order valence-corrected chi connectivity index (χ4v) is 5.95. The molecule has 3 aliphatic rings. The Balaban J connectivity index is 1.71. The lowest BCUT2D eigenvalue weighted by atomic mass is 9.43. The minimum absolute atomic E-state index is 0.00624. The number of aliphatic hydroxyl groups is 2. The first-order valence-corrected chi connectivity index (χ1v) is 10.6. The molecular weight excluding hydrogens is 340 g/mol. The summed E-state index contributed by atoms with van der Waals surface area (Å²) in [5, 5.41) is 30.0. The van der Waals surface area contributed by atoms with Gasteiger partial charge in [0, 0.05) is 6.42 Å². The molecule has 0 heterocycles. The summed E-state index contributed by atoms with van der Waals surface area (Å²) in [4.78, 5) is 10.8. The summed E-state index contributed by atoms with van der Waals surface area (Å²) < 4.78 is 0. The van der Waals surface area contributed by atoms with Gasteiger partial charge in [-0.3, -0.25) is 4.79 Å². The largest absolute Gasteiger partial charge is 0.481 e. The fourth-order valence-electron chi connectivity index (χ4n) is 5.95. The Hall–Kier alpha value is -1.31. The minimum Gasteiger partial charge on any atom is -0.481 e. The average Bonchev–Trinajstić information content (AvgIpc) is 2.65. The van der Waals surface area contributed by atoms with Crippen molar-refractivity contribution in [2.75, 3.05) is 0 Å². The smallest absolute Gasteiger partial charge is 0.303 e. The van der Waals surface area contributed by atoms with Crippen LogP contribution in [0.3, 0.4) is 0 Å². The quantitative estimate of drug-likeness (QED) is 0.517. The van der Waals surface area contributed by atoms with Crippen LogP contribution in [0.4, 0.5) is 0 Å². The molecule has 27 heavy (non-hydrogen) atoms. The number of rotatable bonds is 4. The third-order valence-electron chi connectivity index (χ3n) is 7.40. The molecule has 0 unspecified atom stereocenters. The number of allylic oxidation sites excluding steroid dienone is 2. The SMILES string of the molecule is C[C@@H]1/C(=C\CCC(=O)O)[C@]2(C)CC[C@H](O)[C@@H](C#C[C@@H](O)C3CCCCC3)[C@H]12. The van der Waals surface area contributed by atoms with Crippen LogP contribution in [0.2, 0.25) is 0 Å². The van der Waals surface area contributed by atoms with E-state index in [-0.39, 0.29) is 29.6 Å². The topological polar surface area (TPSA) is 77.8 Å². The summed E-state index contributed by atoms with van der Waals surface area (Å²) in [7, 11) is 0. The van der Waals surface area contributed by atoms with Gasteiger partial charge in [-0.25, -0.2) is 0 Å². The Morgan fingerprint density at radius 1 is 1.30 bits per heavy atom. The van der Waals surface area contributed by atoms with E-state index >= 15 is 0 Å². The molecule has 0 radical (unpaired) electrons. The van der Waals surface area contributed by atoms with E-state index in [0.29, 0.717) is 12.3 Å². The lowest BCUT2D eigenvalue weighted by Gasteiger charge is -2.61. The molecule has 0 aromatic rings. The van der Waals surface area contributed by atoms with Crippen molar-refractivity contribution < 1.29 is 20.1 Å². The second-order valence-electron chi connectivity index (χ2n) is 9.09. The number of aliphatic hydroxyl groups excluding tert-OH is 2. The van der Waals surface area contributed by atoms with E-state index in [2.05, 4.69) is 31.8 Å². The standard InChI is InChI=1S/C23H34O4/c1-15-18(9-6-10-21(26)27)23(2)14-13-20(25)17(22(15)23)11-12-19(24)16-7-4-3-5-8-16/h9,15-17,19-20,22,24-25H,3-8,10,13-14H2,1-2H3,(H,26,27)/b18-9+/t15-,17-,19-,20+,22+,23+/m1/s1. The first kappa shape index (κ1) is 20.4. The van der Waals surface area contributed by atoms with Crippen LogP contribution in [0, 0.1) is 40.9 Å². The maximum absolute atomic E-state index is 10.8. The van der Waals surface area contributed by atoms with Crippen LogP contribution in [0.15, 0.2) is 11.6 Å². The van der Waals surface area contributed by atoms with Crippen molar-refractivity contribution in [3.05, 3.63) is 11.6 Å². The molecule has 0 aromatic heterocycles. The van der Waals surface area contributed by atoms with Crippen molar-refractivity contribution in [2.45, 2.75) is 83.8 Å². The van der Waals surface area contributed by atoms with Gasteiger partial charge >= 0.3 is 5.97 Å². The Bertz CT molecular complexity index is 636. The van der Waals surface area contributed by atoms with Crippen LogP contribution in [0.25, 0.3) is 0 Å². The van der Waals surface area contributed by atoms with Crippen LogP contribution in [0.5, 0.6) is 0 Å². The highest BCUT2D eigenvalue weighted by Gasteiger charge is 2.58. The summed E-state index contributed by atoms with van der Waals surface area (Å²) in [6.45, 7) is 4.41. The van der Waals surface area contributed by atoms with Crippen LogP contribution < -0.4 is 0 Å². The minimum atomic E-state index is -0.764. The monoisotopic (exact) mass is 374 g/mol. The van der Waals surface area contributed by atoms with E-state index in [1.807, 2.05) is 0 Å². The maximum atomic E-state index is 10.8. The van der Waals surface area contributed by atoms with E-state index in [1.54, 1.807) is 0 Å². The highest BCUT2D eigenvalue weighted by molar-refractivity contribution is 5.66. The zero-order valence-corrected chi connectivity index (χ0v) is 16.7. The first-order chi connectivity index (χ1) is 12.8. The molecule has 3 saturated carbocycles. The van der Waals surface area contributed by atoms with Gasteiger partial charge in [0.15, 0.2) is 0 Å². The number of carboxylic acids is 1. The van der Waals surface area contributed by atoms with Gasteiger partial charge in [-0.2, -0.15) is 0 Å². The lowest BCUT2D eigenvalue weighted by molar-refractivity contribution is -0.136. The summed E-state index contributed by atoms with van der Waals surface area (Å²) in [6, 6.07) is 0. The molecule has 3 aliphatic carbocycles. The molecular formula is C23H34O4. The van der Waals surface area contributed by atoms with Crippen molar-refractivity contribution in [2.24, 2.45) is 29.1 Å². The molecule has 3 fully saturated rings. The van der Waals surface area contributed by atoms with E-state index in [9.17, 15) is 15.0 Å². The number of hydrogen-bond acceptors (Lipinski definition) is 3. The van der Waals surface area contributed by atoms with Gasteiger partial charge in [0.2, 0.25) is 0 Å². The Kier molecular flexibility index (Phi) is 6.33. The predicted octanol–water partition coefficient (Wildman–Crippen LogP) is 3.77. The second kappa shape index (κ2) is 8.37. The van der Waals surface area contributed by atoms with Crippen molar-refractivity contribution >= 4 is 5.97 Å². The molecule has 3 rings (SSSR count). The molecule has 4 nitrogen and oxygen atoms in total. The summed E-state index contributed by atoms with van der Waals surface area (Å²) in [5.41, 5.74) is 1.34. The van der Waals surface area contributed by atoms with E-state index in [0.717, 1.165) is 25.7 Å². The van der Waals surface area contributed by atoms with E-state index in [1.165, 1.54) is 24.8 Å². The molecule has 3 N–H and O–H groups in total. The molecule has 0 bridgehead atoms. The first-order valence-electron chi connectivity index (χ1n) is 10.6. The van der Waals surface area contributed by atoms with Crippen molar-refractivity contribution in [1.82, 2.24) is 0 Å². The molecule has 0 aromatic carbocycles. The van der Waals surface area contributed by atoms with Gasteiger partial charge in [0.25, 0.3) is 0 Å². The molecule has 0 aliphatic heterocycles. The fraction of sp³-hybridized carbons (Fsp3) is 0.783. The third-order valence-corrected chi connectivity index (χ3v) is 7.40. The number of carbonyl (C=O) groups is 1. The number of aliphatic carboxylic acids is 1. The zero-order valence-electron chi connectivity index (χ0n) is 16.7. The van der Waals surface area contributed by atoms with Gasteiger partial charge in [-0.1, -0.05) is 56.6 Å². The van der Waals surface area contributed by atoms with Gasteiger partial charge in [-0.05, 0) is 55.3 Å². The normalized spacial score (nSPS) is 39.0. The Morgan fingerprint density at radius 2 is 2.00 bits per heavy atom. The van der Waals surface area contributed by atoms with Crippen molar-refractivity contribution in [1.29, 1.82) is 0 Å². The predicted molar refractivity (Wildman–Crippen MR) is 105 cm³/mol. The van der Waals surface area contributed by atoms with Gasteiger partial charge < -0.3 is 15.3 Å². The van der Waals surface area contributed by atoms with Gasteiger partial charge in [0.1, 0.15) is 6.10 Å². The van der Waals surface area contributed by atoms with Gasteiger partial charge in [-0.15, -0.1) is 0 Å². The number of hydrogen-bond donors (Lipinski definition) is 3. The van der Waals surface area contributed by atoms with E-state index in [4.69, 9.17) is 5.11 Å². The van der Waals surface area contributed by atoms with Crippen LogP contribution >= 0.6 is 0 Å². The van der Waals surface area contributed by atoms with Crippen molar-refractivity contribution in [3.63, 3.8) is 0 Å². The molecule has 6 atom stereocenters. The molecule has 0 amide bonds. The highest BCUT2D eigenvalue weighted by Crippen LogP contribution is 2.64. The van der Waals surface area contributed by atoms with Crippen LogP contribution in [-0.4, -0.2) is 33.5 Å². The second-order valence-corrected chi connectivity index (χ2v) is 9.09. The molecule has 150 valence electrons. The van der Waals surface area contributed by atoms with Crippen molar-refractivity contribution in [3.8, 4) is 11.8 Å². The number of carboxylic acid groups (broad SMARTS) is 1. The maximum Gasteiger partial charge on any atom is 0.303 e. The van der Waals surface area contributed by atoms with Crippen LogP contribution in [-0.2, 0) is 4.79 Å². The van der Waals surface area contributed by atoms with Crippen LogP contribution in [0.1, 0.15) is 71.6 Å². The van der Waals surface area contributed by atoms with E-state index < -0.39 is 18.2 Å².